The summed E-state index contributed by atoms with van der Waals surface area (Å²) in [5.74, 6) is 0.375. The van der Waals surface area contributed by atoms with Gasteiger partial charge in [0.25, 0.3) is 0 Å². The maximum absolute atomic E-state index is 11.3. The summed E-state index contributed by atoms with van der Waals surface area (Å²) in [6.07, 6.45) is 2.83. The first kappa shape index (κ1) is 10.4. The first-order chi connectivity index (χ1) is 8.75. The molecule has 4 aliphatic heterocycles. The van der Waals surface area contributed by atoms with Crippen LogP contribution in [0.15, 0.2) is 18.2 Å². The van der Waals surface area contributed by atoms with Gasteiger partial charge in [-0.3, -0.25) is 4.90 Å². The monoisotopic (exact) mass is 244 g/mol. The summed E-state index contributed by atoms with van der Waals surface area (Å²) in [6.45, 7) is 2.30. The van der Waals surface area contributed by atoms with Gasteiger partial charge in [-0.15, -0.1) is 0 Å². The molecule has 3 fully saturated rings. The molecule has 0 aliphatic carbocycles. The zero-order valence-corrected chi connectivity index (χ0v) is 10.1. The summed E-state index contributed by atoms with van der Waals surface area (Å²) < 4.78 is 0. The van der Waals surface area contributed by atoms with E-state index in [2.05, 4.69) is 16.3 Å². The minimum absolute atomic E-state index is 0.327. The van der Waals surface area contributed by atoms with E-state index in [0.29, 0.717) is 17.6 Å². The lowest BCUT2D eigenvalue weighted by Crippen LogP contribution is -2.54. The summed E-state index contributed by atoms with van der Waals surface area (Å²) in [4.78, 5) is 13.8. The van der Waals surface area contributed by atoms with Gasteiger partial charge < -0.3 is 10.4 Å². The molecule has 4 aliphatic rings. The Hall–Kier alpha value is -1.55. The Morgan fingerprint density at radius 2 is 2.11 bits per heavy atom. The number of benzene rings is 1. The largest absolute Gasteiger partial charge is 0.478 e. The van der Waals surface area contributed by atoms with Crippen molar-refractivity contribution in [2.24, 2.45) is 5.92 Å². The van der Waals surface area contributed by atoms with Crippen LogP contribution in [0.1, 0.15) is 34.7 Å². The highest BCUT2D eigenvalue weighted by molar-refractivity contribution is 5.96. The summed E-state index contributed by atoms with van der Waals surface area (Å²) in [5.41, 5.74) is 2.50. The highest BCUT2D eigenvalue weighted by atomic mass is 16.4. The van der Waals surface area contributed by atoms with Crippen LogP contribution >= 0.6 is 0 Å². The molecule has 4 nitrogen and oxygen atoms in total. The second kappa shape index (κ2) is 3.48. The fraction of sp³-hybridized carbons (Fsp3) is 0.500. The minimum Gasteiger partial charge on any atom is -0.478 e. The molecule has 2 atom stereocenters. The Kier molecular flexibility index (Phi) is 2.01. The van der Waals surface area contributed by atoms with Crippen LogP contribution in [-0.4, -0.2) is 35.2 Å². The number of hydrogen-bond acceptors (Lipinski definition) is 3. The van der Waals surface area contributed by atoms with Crippen molar-refractivity contribution in [1.29, 1.82) is 0 Å². The van der Waals surface area contributed by atoms with Gasteiger partial charge in [0, 0.05) is 19.0 Å². The van der Waals surface area contributed by atoms with Crippen LogP contribution < -0.4 is 5.32 Å². The zero-order valence-electron chi connectivity index (χ0n) is 10.1. The molecule has 0 saturated carbocycles. The third-order valence-corrected chi connectivity index (χ3v) is 4.79. The maximum atomic E-state index is 11.3. The average molecular weight is 244 g/mol. The van der Waals surface area contributed by atoms with Gasteiger partial charge in [0.15, 0.2) is 0 Å². The van der Waals surface area contributed by atoms with Gasteiger partial charge in [-0.1, -0.05) is 12.1 Å². The SMILES string of the molecule is O=C(O)c1cccc2c1NC1C2C2CCN1CC2. The van der Waals surface area contributed by atoms with Crippen molar-refractivity contribution in [2.45, 2.75) is 24.9 Å². The van der Waals surface area contributed by atoms with Gasteiger partial charge in [0.2, 0.25) is 0 Å². The van der Waals surface area contributed by atoms with E-state index in [0.717, 1.165) is 24.7 Å². The van der Waals surface area contributed by atoms with Gasteiger partial charge in [-0.25, -0.2) is 4.79 Å². The van der Waals surface area contributed by atoms with Crippen LogP contribution in [0, 0.1) is 5.92 Å². The number of hydrogen-bond donors (Lipinski definition) is 2. The van der Waals surface area contributed by atoms with E-state index in [4.69, 9.17) is 0 Å². The Bertz CT molecular complexity index is 521. The summed E-state index contributed by atoms with van der Waals surface area (Å²) in [7, 11) is 0. The normalized spacial score (nSPS) is 35.8. The number of fused-ring (bicyclic) bond motifs is 3. The molecule has 2 bridgehead atoms. The topological polar surface area (TPSA) is 52.6 Å². The van der Waals surface area contributed by atoms with E-state index >= 15 is 0 Å². The van der Waals surface area contributed by atoms with Gasteiger partial charge in [0.05, 0.1) is 17.4 Å². The lowest BCUT2D eigenvalue weighted by Gasteiger charge is -2.48. The lowest BCUT2D eigenvalue weighted by atomic mass is 9.75. The summed E-state index contributed by atoms with van der Waals surface area (Å²) in [6, 6.07) is 5.67. The number of aromatic carboxylic acids is 1. The average Bonchev–Trinajstić information content (AvgIpc) is 2.80. The van der Waals surface area contributed by atoms with Crippen LogP contribution in [0.2, 0.25) is 0 Å². The first-order valence-electron chi connectivity index (χ1n) is 6.62. The molecule has 0 spiro atoms. The number of carboxylic acids is 1. The highest BCUT2D eigenvalue weighted by Crippen LogP contribution is 2.50. The predicted molar refractivity (Wildman–Crippen MR) is 67.9 cm³/mol. The van der Waals surface area contributed by atoms with Gasteiger partial charge >= 0.3 is 5.97 Å². The smallest absolute Gasteiger partial charge is 0.337 e. The quantitative estimate of drug-likeness (QED) is 0.792. The molecule has 0 amide bonds. The van der Waals surface area contributed by atoms with Crippen LogP contribution in [0.25, 0.3) is 0 Å². The molecule has 18 heavy (non-hydrogen) atoms. The molecule has 0 radical (unpaired) electrons. The second-order valence-corrected chi connectivity index (χ2v) is 5.56. The van der Waals surface area contributed by atoms with E-state index in [-0.39, 0.29) is 0 Å². The number of carboxylic acid groups (broad SMARTS) is 1. The van der Waals surface area contributed by atoms with Crippen molar-refractivity contribution in [3.63, 3.8) is 0 Å². The van der Waals surface area contributed by atoms with Crippen LogP contribution in [0.3, 0.4) is 0 Å². The van der Waals surface area contributed by atoms with Crippen molar-refractivity contribution in [2.75, 3.05) is 18.4 Å². The Morgan fingerprint density at radius 3 is 2.83 bits per heavy atom. The Labute approximate surface area is 106 Å². The first-order valence-corrected chi connectivity index (χ1v) is 6.62. The summed E-state index contributed by atoms with van der Waals surface area (Å²) >= 11 is 0. The molecule has 4 heterocycles. The molecule has 5 rings (SSSR count). The van der Waals surface area contributed by atoms with Crippen molar-refractivity contribution in [3.8, 4) is 0 Å². The summed E-state index contributed by atoms with van der Waals surface area (Å²) in [5, 5.41) is 12.7. The number of rotatable bonds is 1. The molecule has 1 aromatic carbocycles. The molecular weight excluding hydrogens is 228 g/mol. The molecule has 2 N–H and O–H groups in total. The minimum atomic E-state index is -0.833. The number of nitrogens with one attached hydrogen (secondary N) is 1. The number of piperidine rings is 3. The van der Waals surface area contributed by atoms with Crippen LogP contribution in [-0.2, 0) is 0 Å². The third-order valence-electron chi connectivity index (χ3n) is 4.79. The van der Waals surface area contributed by atoms with Gasteiger partial charge in [0.1, 0.15) is 0 Å². The molecule has 4 heteroatoms. The Morgan fingerprint density at radius 1 is 1.33 bits per heavy atom. The fourth-order valence-corrected chi connectivity index (χ4v) is 3.98. The van der Waals surface area contributed by atoms with E-state index in [1.807, 2.05) is 6.07 Å². The van der Waals surface area contributed by atoms with E-state index in [1.54, 1.807) is 6.07 Å². The molecule has 94 valence electrons. The van der Waals surface area contributed by atoms with E-state index < -0.39 is 5.97 Å². The van der Waals surface area contributed by atoms with Crippen LogP contribution in [0.5, 0.6) is 0 Å². The standard InChI is InChI=1S/C14H16N2O2/c17-14(18)10-3-1-2-9-11-8-4-6-16(7-5-8)13(11)15-12(9)10/h1-3,8,11,13,15H,4-7H2,(H,17,18). The van der Waals surface area contributed by atoms with Crippen molar-refractivity contribution >= 4 is 11.7 Å². The highest BCUT2D eigenvalue weighted by Gasteiger charge is 2.47. The van der Waals surface area contributed by atoms with Crippen molar-refractivity contribution < 1.29 is 9.90 Å². The van der Waals surface area contributed by atoms with Crippen LogP contribution in [0.4, 0.5) is 5.69 Å². The number of nitrogens with zero attached hydrogens (tertiary/aromatic N) is 1. The molecule has 2 unspecified atom stereocenters. The zero-order chi connectivity index (χ0) is 12.3. The fourth-order valence-electron chi connectivity index (χ4n) is 3.98. The number of para-hydroxylation sites is 1. The van der Waals surface area contributed by atoms with E-state index in [9.17, 15) is 9.90 Å². The van der Waals surface area contributed by atoms with Crippen molar-refractivity contribution in [3.05, 3.63) is 29.3 Å². The maximum Gasteiger partial charge on any atom is 0.337 e. The molecular formula is C14H16N2O2. The lowest BCUT2D eigenvalue weighted by molar-refractivity contribution is 0.0461. The van der Waals surface area contributed by atoms with E-state index in [1.165, 1.54) is 18.4 Å². The molecule has 0 aromatic heterocycles. The molecule has 3 saturated heterocycles. The molecule has 1 aromatic rings. The Balaban J connectivity index is 1.84. The van der Waals surface area contributed by atoms with Gasteiger partial charge in [-0.05, 0) is 30.4 Å². The predicted octanol–water partition coefficient (Wildman–Crippen LogP) is 1.95. The number of carbonyl (C=O) groups is 1. The van der Waals surface area contributed by atoms with Gasteiger partial charge in [-0.2, -0.15) is 0 Å². The second-order valence-electron chi connectivity index (χ2n) is 5.56. The van der Waals surface area contributed by atoms with Crippen molar-refractivity contribution in [1.82, 2.24) is 4.90 Å². The third kappa shape index (κ3) is 1.21. The number of anilines is 1.